The maximum absolute atomic E-state index is 7.73. The fourth-order valence-electron chi connectivity index (χ4n) is 2.25. The summed E-state index contributed by atoms with van der Waals surface area (Å²) in [6.07, 6.45) is 3.59. The molecule has 0 aliphatic heterocycles. The first-order chi connectivity index (χ1) is 8.99. The zero-order valence-electron chi connectivity index (χ0n) is 11.6. The molecule has 1 aromatic carbocycles. The van der Waals surface area contributed by atoms with Crippen LogP contribution in [0.15, 0.2) is 18.2 Å². The van der Waals surface area contributed by atoms with Gasteiger partial charge in [0.15, 0.2) is 0 Å². The molecule has 1 fully saturated rings. The standard InChI is InChI=1S/C15H22ClN3/c1-10(2)7-8-19(12-4-5-12)14-9-11(16)3-6-13(14)15(17)18/h3,6,9-10,12H,4-5,7-8H2,1-2H3,(H3,17,18). The van der Waals surface area contributed by atoms with Crippen LogP contribution >= 0.6 is 11.6 Å². The number of amidine groups is 1. The molecule has 0 aromatic heterocycles. The molecule has 3 N–H and O–H groups in total. The summed E-state index contributed by atoms with van der Waals surface area (Å²) in [4.78, 5) is 2.38. The van der Waals surface area contributed by atoms with Crippen LogP contribution in [0.2, 0.25) is 5.02 Å². The number of hydrogen-bond acceptors (Lipinski definition) is 2. The molecule has 0 radical (unpaired) electrons. The van der Waals surface area contributed by atoms with E-state index in [4.69, 9.17) is 22.7 Å². The minimum absolute atomic E-state index is 0.113. The van der Waals surface area contributed by atoms with Gasteiger partial charge in [0.25, 0.3) is 0 Å². The fraction of sp³-hybridized carbons (Fsp3) is 0.533. The molecule has 0 amide bonds. The second kappa shape index (κ2) is 5.83. The summed E-state index contributed by atoms with van der Waals surface area (Å²) < 4.78 is 0. The summed E-state index contributed by atoms with van der Waals surface area (Å²) in [5.74, 6) is 0.781. The van der Waals surface area contributed by atoms with Gasteiger partial charge in [-0.3, -0.25) is 5.41 Å². The molecule has 19 heavy (non-hydrogen) atoms. The van der Waals surface area contributed by atoms with E-state index in [2.05, 4.69) is 18.7 Å². The van der Waals surface area contributed by atoms with Crippen molar-refractivity contribution in [2.75, 3.05) is 11.4 Å². The van der Waals surface area contributed by atoms with Crippen LogP contribution in [0.1, 0.15) is 38.7 Å². The lowest BCUT2D eigenvalue weighted by atomic mass is 10.1. The summed E-state index contributed by atoms with van der Waals surface area (Å²) in [6, 6.07) is 6.19. The highest BCUT2D eigenvalue weighted by molar-refractivity contribution is 6.31. The van der Waals surface area contributed by atoms with E-state index in [1.165, 1.54) is 12.8 Å². The zero-order valence-corrected chi connectivity index (χ0v) is 12.4. The van der Waals surface area contributed by atoms with Crippen LogP contribution < -0.4 is 10.6 Å². The van der Waals surface area contributed by atoms with Crippen LogP contribution in [0, 0.1) is 11.3 Å². The summed E-state index contributed by atoms with van der Waals surface area (Å²) in [5.41, 5.74) is 7.50. The molecule has 0 saturated heterocycles. The first-order valence-electron chi connectivity index (χ1n) is 6.89. The van der Waals surface area contributed by atoms with E-state index in [0.29, 0.717) is 17.0 Å². The number of nitrogens with zero attached hydrogens (tertiary/aromatic N) is 1. The van der Waals surface area contributed by atoms with E-state index in [1.54, 1.807) is 6.07 Å². The molecule has 0 heterocycles. The molecule has 1 aliphatic carbocycles. The van der Waals surface area contributed by atoms with Crippen molar-refractivity contribution in [1.29, 1.82) is 5.41 Å². The van der Waals surface area contributed by atoms with Gasteiger partial charge in [0.2, 0.25) is 0 Å². The van der Waals surface area contributed by atoms with Crippen LogP contribution in [-0.4, -0.2) is 18.4 Å². The van der Waals surface area contributed by atoms with Gasteiger partial charge >= 0.3 is 0 Å². The quantitative estimate of drug-likeness (QED) is 0.617. The number of halogens is 1. The summed E-state index contributed by atoms with van der Waals surface area (Å²) in [5, 5.41) is 8.43. The Bertz CT molecular complexity index is 466. The van der Waals surface area contributed by atoms with Crippen LogP contribution in [0.4, 0.5) is 5.69 Å². The van der Waals surface area contributed by atoms with Crippen molar-refractivity contribution < 1.29 is 0 Å². The molecule has 4 heteroatoms. The molecular formula is C15H22ClN3. The minimum Gasteiger partial charge on any atom is -0.384 e. The van der Waals surface area contributed by atoms with Gasteiger partial charge in [-0.25, -0.2) is 0 Å². The van der Waals surface area contributed by atoms with E-state index in [9.17, 15) is 0 Å². The van der Waals surface area contributed by atoms with Gasteiger partial charge in [0, 0.05) is 28.9 Å². The number of anilines is 1. The predicted octanol–water partition coefficient (Wildman–Crippen LogP) is 3.64. The maximum Gasteiger partial charge on any atom is 0.124 e. The van der Waals surface area contributed by atoms with Crippen molar-refractivity contribution in [3.05, 3.63) is 28.8 Å². The van der Waals surface area contributed by atoms with Crippen molar-refractivity contribution in [3.63, 3.8) is 0 Å². The van der Waals surface area contributed by atoms with Gasteiger partial charge in [-0.15, -0.1) is 0 Å². The third kappa shape index (κ3) is 3.63. The first kappa shape index (κ1) is 14.2. The van der Waals surface area contributed by atoms with Crippen LogP contribution in [0.25, 0.3) is 0 Å². The van der Waals surface area contributed by atoms with Crippen molar-refractivity contribution in [2.45, 2.75) is 39.2 Å². The average Bonchev–Trinajstić information content (AvgIpc) is 3.13. The Labute approximate surface area is 120 Å². The third-order valence-corrected chi connectivity index (χ3v) is 3.73. The molecule has 0 unspecified atom stereocenters. The van der Waals surface area contributed by atoms with Gasteiger partial charge in [-0.1, -0.05) is 25.4 Å². The number of nitrogens with one attached hydrogen (secondary N) is 1. The Morgan fingerprint density at radius 2 is 2.16 bits per heavy atom. The molecule has 0 spiro atoms. The zero-order chi connectivity index (χ0) is 14.0. The van der Waals surface area contributed by atoms with Gasteiger partial charge < -0.3 is 10.6 Å². The average molecular weight is 280 g/mol. The van der Waals surface area contributed by atoms with Crippen molar-refractivity contribution in [1.82, 2.24) is 0 Å². The molecule has 1 aliphatic rings. The molecule has 0 bridgehead atoms. The van der Waals surface area contributed by atoms with Crippen LogP contribution in [0.5, 0.6) is 0 Å². The lowest BCUT2D eigenvalue weighted by Gasteiger charge is -2.28. The second-order valence-corrected chi connectivity index (χ2v) is 6.12. The minimum atomic E-state index is 0.113. The summed E-state index contributed by atoms with van der Waals surface area (Å²) >= 11 is 6.12. The van der Waals surface area contributed by atoms with Crippen molar-refractivity contribution in [3.8, 4) is 0 Å². The van der Waals surface area contributed by atoms with Crippen LogP contribution in [0.3, 0.4) is 0 Å². The Hall–Kier alpha value is -1.22. The summed E-state index contributed by atoms with van der Waals surface area (Å²) in [7, 11) is 0. The van der Waals surface area contributed by atoms with Crippen molar-refractivity contribution >= 4 is 23.1 Å². The van der Waals surface area contributed by atoms with E-state index in [0.717, 1.165) is 24.2 Å². The molecule has 1 saturated carbocycles. The molecule has 0 atom stereocenters. The van der Waals surface area contributed by atoms with E-state index in [1.807, 2.05) is 12.1 Å². The topological polar surface area (TPSA) is 53.1 Å². The first-order valence-corrected chi connectivity index (χ1v) is 7.27. The Kier molecular flexibility index (Phi) is 4.35. The summed E-state index contributed by atoms with van der Waals surface area (Å²) in [6.45, 7) is 5.47. The molecule has 3 nitrogen and oxygen atoms in total. The normalized spacial score (nSPS) is 14.7. The van der Waals surface area contributed by atoms with E-state index in [-0.39, 0.29) is 5.84 Å². The highest BCUT2D eigenvalue weighted by Gasteiger charge is 2.30. The molecule has 1 aromatic rings. The number of nitrogen functional groups attached to an aromatic ring is 1. The Morgan fingerprint density at radius 3 is 2.68 bits per heavy atom. The highest BCUT2D eigenvalue weighted by Crippen LogP contribution is 2.35. The fourth-order valence-corrected chi connectivity index (χ4v) is 2.42. The lowest BCUT2D eigenvalue weighted by molar-refractivity contribution is 0.570. The van der Waals surface area contributed by atoms with Gasteiger partial charge in [0.05, 0.1) is 0 Å². The molecule has 2 rings (SSSR count). The Morgan fingerprint density at radius 1 is 1.47 bits per heavy atom. The van der Waals surface area contributed by atoms with E-state index < -0.39 is 0 Å². The monoisotopic (exact) mass is 279 g/mol. The smallest absolute Gasteiger partial charge is 0.124 e. The number of hydrogen-bond donors (Lipinski definition) is 2. The molecule has 104 valence electrons. The number of nitrogens with two attached hydrogens (primary N) is 1. The second-order valence-electron chi connectivity index (χ2n) is 5.68. The lowest BCUT2D eigenvalue weighted by Crippen LogP contribution is -2.30. The van der Waals surface area contributed by atoms with Gasteiger partial charge in [-0.2, -0.15) is 0 Å². The largest absolute Gasteiger partial charge is 0.384 e. The highest BCUT2D eigenvalue weighted by atomic mass is 35.5. The van der Waals surface area contributed by atoms with Gasteiger partial charge in [0.1, 0.15) is 5.84 Å². The van der Waals surface area contributed by atoms with Gasteiger partial charge in [-0.05, 0) is 43.4 Å². The van der Waals surface area contributed by atoms with E-state index >= 15 is 0 Å². The maximum atomic E-state index is 7.73. The molecular weight excluding hydrogens is 258 g/mol. The number of rotatable bonds is 6. The Balaban J connectivity index is 2.29. The predicted molar refractivity (Wildman–Crippen MR) is 82.3 cm³/mol. The SMILES string of the molecule is CC(C)CCN(c1cc(Cl)ccc1C(=N)N)C1CC1. The van der Waals surface area contributed by atoms with Crippen molar-refractivity contribution in [2.24, 2.45) is 11.7 Å². The number of benzene rings is 1. The third-order valence-electron chi connectivity index (χ3n) is 3.49. The van der Waals surface area contributed by atoms with Crippen LogP contribution in [-0.2, 0) is 0 Å².